The average Bonchev–Trinajstić information content (AvgIpc) is 3.45. The molecule has 7 nitrogen and oxygen atoms in total. The number of halogens is 3. The van der Waals surface area contributed by atoms with Crippen LogP contribution in [0.15, 0.2) is 6.07 Å². The van der Waals surface area contributed by atoms with Crippen LogP contribution in [0.5, 0.6) is 0 Å². The lowest BCUT2D eigenvalue weighted by Gasteiger charge is -2.32. The third-order valence-corrected chi connectivity index (χ3v) is 6.68. The molecular weight excluding hydrogens is 411 g/mol. The summed E-state index contributed by atoms with van der Waals surface area (Å²) in [6, 6.07) is -0.515. The number of nitrogens with zero attached hydrogens (tertiary/aromatic N) is 4. The lowest BCUT2D eigenvalue weighted by Crippen LogP contribution is -2.39. The minimum atomic E-state index is -4.37. The van der Waals surface area contributed by atoms with E-state index in [4.69, 9.17) is 0 Å². The standard InChI is InChI=1S/C21H30F3N5O2/c1-2-14-12-17(21(22,23)24)29-18(25-14)13-15(26-29)16-6-3-11-28(16)20(31)8-5-10-27-9-4-7-19(27)30/h13-14,16-17,25H,2-12H2,1H3/t14-,16+,17-/m1/s1. The first-order valence-electron chi connectivity index (χ1n) is 11.3. The Hall–Kier alpha value is -2.26. The van der Waals surface area contributed by atoms with Crippen molar-refractivity contribution in [1.82, 2.24) is 19.6 Å². The molecule has 0 bridgehead atoms. The van der Waals surface area contributed by atoms with Crippen molar-refractivity contribution in [3.8, 4) is 0 Å². The SMILES string of the molecule is CC[C@@H]1C[C@H](C(F)(F)F)n2nc([C@@H]3CCCN3C(=O)CCCN3CCCC3=O)cc2N1. The van der Waals surface area contributed by atoms with Crippen LogP contribution in [0.1, 0.15) is 76.1 Å². The summed E-state index contributed by atoms with van der Waals surface area (Å²) in [5.41, 5.74) is 0.522. The Labute approximate surface area is 179 Å². The summed E-state index contributed by atoms with van der Waals surface area (Å²) < 4.78 is 42.0. The van der Waals surface area contributed by atoms with E-state index >= 15 is 0 Å². The minimum Gasteiger partial charge on any atom is -0.367 e. The fourth-order valence-corrected chi connectivity index (χ4v) is 4.98. The summed E-state index contributed by atoms with van der Waals surface area (Å²) in [5, 5.41) is 7.49. The molecule has 0 radical (unpaired) electrons. The first-order chi connectivity index (χ1) is 14.8. The molecule has 31 heavy (non-hydrogen) atoms. The molecule has 0 aromatic carbocycles. The number of anilines is 1. The molecule has 0 aliphatic carbocycles. The van der Waals surface area contributed by atoms with Gasteiger partial charge in [0, 0.05) is 44.6 Å². The summed E-state index contributed by atoms with van der Waals surface area (Å²) >= 11 is 0. The van der Waals surface area contributed by atoms with Gasteiger partial charge in [-0.05, 0) is 38.5 Å². The van der Waals surface area contributed by atoms with Crippen LogP contribution in [0.4, 0.5) is 19.0 Å². The summed E-state index contributed by atoms with van der Waals surface area (Å²) in [6.45, 7) is 3.79. The summed E-state index contributed by atoms with van der Waals surface area (Å²) in [4.78, 5) is 28.1. The van der Waals surface area contributed by atoms with E-state index in [-0.39, 0.29) is 30.3 Å². The van der Waals surface area contributed by atoms with Crippen molar-refractivity contribution in [3.63, 3.8) is 0 Å². The number of carbonyl (C=O) groups excluding carboxylic acids is 2. The smallest absolute Gasteiger partial charge is 0.367 e. The van der Waals surface area contributed by atoms with Crippen molar-refractivity contribution >= 4 is 17.6 Å². The Morgan fingerprint density at radius 2 is 2.10 bits per heavy atom. The molecule has 2 amide bonds. The van der Waals surface area contributed by atoms with Crippen molar-refractivity contribution in [3.05, 3.63) is 11.8 Å². The quantitative estimate of drug-likeness (QED) is 0.732. The Morgan fingerprint density at radius 1 is 1.29 bits per heavy atom. The fourth-order valence-electron chi connectivity index (χ4n) is 4.98. The van der Waals surface area contributed by atoms with Gasteiger partial charge in [-0.3, -0.25) is 9.59 Å². The van der Waals surface area contributed by atoms with Gasteiger partial charge in [0.15, 0.2) is 6.04 Å². The maximum absolute atomic E-state index is 13.6. The number of carbonyl (C=O) groups is 2. The zero-order chi connectivity index (χ0) is 22.2. The van der Waals surface area contributed by atoms with Gasteiger partial charge in [0.25, 0.3) is 0 Å². The molecule has 0 saturated carbocycles. The van der Waals surface area contributed by atoms with Gasteiger partial charge >= 0.3 is 6.18 Å². The highest BCUT2D eigenvalue weighted by Gasteiger charge is 2.46. The van der Waals surface area contributed by atoms with Crippen molar-refractivity contribution in [1.29, 1.82) is 0 Å². The highest BCUT2D eigenvalue weighted by Crippen LogP contribution is 2.42. The Kier molecular flexibility index (Phi) is 6.16. The van der Waals surface area contributed by atoms with Gasteiger partial charge in [-0.25, -0.2) is 4.68 Å². The molecule has 10 heteroatoms. The van der Waals surface area contributed by atoms with Crippen molar-refractivity contribution < 1.29 is 22.8 Å². The van der Waals surface area contributed by atoms with Gasteiger partial charge in [0.2, 0.25) is 11.8 Å². The van der Waals surface area contributed by atoms with Crippen LogP contribution in [-0.2, 0) is 9.59 Å². The molecule has 4 heterocycles. The van der Waals surface area contributed by atoms with Crippen molar-refractivity contribution in [2.24, 2.45) is 0 Å². The molecule has 0 spiro atoms. The van der Waals surface area contributed by atoms with Crippen LogP contribution in [0, 0.1) is 0 Å². The number of aromatic nitrogens is 2. The van der Waals surface area contributed by atoms with Crippen molar-refractivity contribution in [2.75, 3.05) is 25.0 Å². The molecule has 1 aromatic rings. The maximum atomic E-state index is 13.6. The van der Waals surface area contributed by atoms with E-state index in [0.717, 1.165) is 24.1 Å². The van der Waals surface area contributed by atoms with E-state index in [1.54, 1.807) is 15.9 Å². The first kappa shape index (κ1) is 22.0. The predicted molar refractivity (Wildman–Crippen MR) is 108 cm³/mol. The van der Waals surface area contributed by atoms with Gasteiger partial charge in [-0.2, -0.15) is 18.3 Å². The van der Waals surface area contributed by atoms with Crippen LogP contribution >= 0.6 is 0 Å². The summed E-state index contributed by atoms with van der Waals surface area (Å²) in [6.07, 6.45) is 0.0655. The fraction of sp³-hybridized carbons (Fsp3) is 0.762. The highest BCUT2D eigenvalue weighted by atomic mass is 19.4. The molecule has 3 atom stereocenters. The zero-order valence-electron chi connectivity index (χ0n) is 17.8. The molecule has 0 unspecified atom stereocenters. The number of amides is 2. The minimum absolute atomic E-state index is 0.0214. The van der Waals surface area contributed by atoms with E-state index < -0.39 is 12.2 Å². The third kappa shape index (κ3) is 4.52. The molecule has 4 rings (SSSR count). The number of nitrogens with one attached hydrogen (secondary N) is 1. The normalized spacial score (nSPS) is 26.3. The average molecular weight is 441 g/mol. The third-order valence-electron chi connectivity index (χ3n) is 6.68. The van der Waals surface area contributed by atoms with Gasteiger partial charge in [0.1, 0.15) is 5.82 Å². The Bertz CT molecular complexity index is 824. The van der Waals surface area contributed by atoms with Gasteiger partial charge in [0.05, 0.1) is 11.7 Å². The second kappa shape index (κ2) is 8.70. The molecule has 1 aromatic heterocycles. The number of hydrogen-bond donors (Lipinski definition) is 1. The molecule has 2 saturated heterocycles. The second-order valence-corrected chi connectivity index (χ2v) is 8.77. The van der Waals surface area contributed by atoms with Crippen LogP contribution in [0.3, 0.4) is 0 Å². The molecule has 3 aliphatic rings. The predicted octanol–water partition coefficient (Wildman–Crippen LogP) is 3.65. The summed E-state index contributed by atoms with van der Waals surface area (Å²) in [5.74, 6) is 0.501. The molecule has 2 fully saturated rings. The number of alkyl halides is 3. The van der Waals surface area contributed by atoms with Crippen molar-refractivity contribution in [2.45, 2.75) is 82.6 Å². The number of hydrogen-bond acceptors (Lipinski definition) is 4. The van der Waals surface area contributed by atoms with Gasteiger partial charge < -0.3 is 15.1 Å². The number of likely N-dealkylation sites (tertiary alicyclic amines) is 2. The topological polar surface area (TPSA) is 70.5 Å². The number of fused-ring (bicyclic) bond motifs is 1. The van der Waals surface area contributed by atoms with Crippen LogP contribution in [0.25, 0.3) is 0 Å². The van der Waals surface area contributed by atoms with E-state index in [1.165, 1.54) is 0 Å². The van der Waals surface area contributed by atoms with Crippen LogP contribution in [0.2, 0.25) is 0 Å². The lowest BCUT2D eigenvalue weighted by molar-refractivity contribution is -0.173. The van der Waals surface area contributed by atoms with Gasteiger partial charge in [-0.1, -0.05) is 6.92 Å². The second-order valence-electron chi connectivity index (χ2n) is 8.77. The highest BCUT2D eigenvalue weighted by molar-refractivity contribution is 5.79. The van der Waals surface area contributed by atoms with Crippen LogP contribution in [-0.4, -0.2) is 63.2 Å². The number of rotatable bonds is 6. The maximum Gasteiger partial charge on any atom is 0.410 e. The van der Waals surface area contributed by atoms with E-state index in [1.807, 2.05) is 6.92 Å². The van der Waals surface area contributed by atoms with E-state index in [2.05, 4.69) is 10.4 Å². The van der Waals surface area contributed by atoms with Gasteiger partial charge in [-0.15, -0.1) is 0 Å². The van der Waals surface area contributed by atoms with E-state index in [9.17, 15) is 22.8 Å². The van der Waals surface area contributed by atoms with E-state index in [0.29, 0.717) is 56.7 Å². The zero-order valence-corrected chi connectivity index (χ0v) is 17.8. The molecule has 3 aliphatic heterocycles. The molecule has 1 N–H and O–H groups in total. The molecule has 172 valence electrons. The lowest BCUT2D eigenvalue weighted by atomic mass is 10.0. The summed E-state index contributed by atoms with van der Waals surface area (Å²) in [7, 11) is 0. The Morgan fingerprint density at radius 3 is 2.77 bits per heavy atom. The first-order valence-corrected chi connectivity index (χ1v) is 11.3. The monoisotopic (exact) mass is 441 g/mol. The largest absolute Gasteiger partial charge is 0.410 e. The molecular formula is C21H30F3N5O2. The van der Waals surface area contributed by atoms with Crippen LogP contribution < -0.4 is 5.32 Å². The Balaban J connectivity index is 1.44.